The molecule has 0 radical (unpaired) electrons. The molecule has 2 fully saturated rings. The Hall–Kier alpha value is -1.26. The van der Waals surface area contributed by atoms with Gasteiger partial charge in [-0.3, -0.25) is 19.4 Å². The van der Waals surface area contributed by atoms with Crippen molar-refractivity contribution in [3.05, 3.63) is 39.2 Å². The Morgan fingerprint density at radius 1 is 1.27 bits per heavy atom. The van der Waals surface area contributed by atoms with Crippen LogP contribution in [0, 0.1) is 0 Å². The van der Waals surface area contributed by atoms with Crippen LogP contribution in [0.1, 0.15) is 24.8 Å². The van der Waals surface area contributed by atoms with Crippen LogP contribution in [0.3, 0.4) is 0 Å². The highest BCUT2D eigenvalue weighted by Crippen LogP contribution is 2.33. The lowest BCUT2D eigenvalue weighted by Crippen LogP contribution is -2.38. The number of carbonyl (C=O) groups is 2. The summed E-state index contributed by atoms with van der Waals surface area (Å²) in [4.78, 5) is 29.3. The average Bonchev–Trinajstić information content (AvgIpc) is 2.99. The highest BCUT2D eigenvalue weighted by atomic mass is 79.9. The van der Waals surface area contributed by atoms with Gasteiger partial charge < -0.3 is 10.1 Å². The number of amides is 2. The van der Waals surface area contributed by atoms with Crippen LogP contribution in [0.25, 0.3) is 6.08 Å². The molecular weight excluding hydrogens is 486 g/mol. The highest BCUT2D eigenvalue weighted by Gasteiger charge is 2.31. The van der Waals surface area contributed by atoms with Gasteiger partial charge >= 0.3 is 0 Å². The maximum atomic E-state index is 12.7. The number of thiocarbonyl (C=S) groups is 1. The molecule has 9 heteroatoms. The Balaban J connectivity index is 1.36. The topological polar surface area (TPSA) is 61.9 Å². The van der Waals surface area contributed by atoms with Gasteiger partial charge in [0.2, 0.25) is 5.91 Å². The van der Waals surface area contributed by atoms with Gasteiger partial charge in [-0.05, 0) is 43.2 Å². The predicted molar refractivity (Wildman–Crippen MR) is 128 cm³/mol. The second-order valence-electron chi connectivity index (χ2n) is 7.15. The molecule has 30 heavy (non-hydrogen) atoms. The van der Waals surface area contributed by atoms with E-state index >= 15 is 0 Å². The summed E-state index contributed by atoms with van der Waals surface area (Å²) in [7, 11) is 0. The Kier molecular flexibility index (Phi) is 9.32. The molecular formula is C21H26BrN3O3S2. The van der Waals surface area contributed by atoms with E-state index in [1.165, 1.54) is 11.8 Å². The Bertz CT molecular complexity index is 812. The number of morpholine rings is 1. The van der Waals surface area contributed by atoms with Crippen LogP contribution in [-0.2, 0) is 14.3 Å². The summed E-state index contributed by atoms with van der Waals surface area (Å²) < 4.78 is 6.84. The minimum absolute atomic E-state index is 0.0205. The first kappa shape index (κ1) is 23.4. The van der Waals surface area contributed by atoms with Gasteiger partial charge in [-0.25, -0.2) is 0 Å². The zero-order valence-electron chi connectivity index (χ0n) is 16.8. The van der Waals surface area contributed by atoms with Crippen molar-refractivity contribution < 1.29 is 14.3 Å². The van der Waals surface area contributed by atoms with Gasteiger partial charge in [-0.15, -0.1) is 0 Å². The molecule has 2 aliphatic rings. The first-order valence-corrected chi connectivity index (χ1v) is 12.1. The van der Waals surface area contributed by atoms with Gasteiger partial charge in [0.1, 0.15) is 4.32 Å². The van der Waals surface area contributed by atoms with E-state index in [1.54, 1.807) is 4.90 Å². The summed E-state index contributed by atoms with van der Waals surface area (Å²) in [6.45, 7) is 5.63. The van der Waals surface area contributed by atoms with Gasteiger partial charge in [0.05, 0.1) is 18.1 Å². The molecule has 0 saturated carbocycles. The molecule has 6 nitrogen and oxygen atoms in total. The van der Waals surface area contributed by atoms with Crippen LogP contribution in [0.4, 0.5) is 0 Å². The van der Waals surface area contributed by atoms with Crippen molar-refractivity contribution in [3.63, 3.8) is 0 Å². The average molecular weight is 512 g/mol. The van der Waals surface area contributed by atoms with Crippen molar-refractivity contribution in [2.24, 2.45) is 0 Å². The monoisotopic (exact) mass is 511 g/mol. The summed E-state index contributed by atoms with van der Waals surface area (Å²) in [6.07, 6.45) is 3.76. The molecule has 0 bridgehead atoms. The van der Waals surface area contributed by atoms with Crippen molar-refractivity contribution in [2.45, 2.75) is 19.3 Å². The number of halogens is 1. The van der Waals surface area contributed by atoms with E-state index in [2.05, 4.69) is 26.1 Å². The number of hydrogen-bond donors (Lipinski definition) is 1. The smallest absolute Gasteiger partial charge is 0.266 e. The molecule has 2 heterocycles. The fourth-order valence-electron chi connectivity index (χ4n) is 3.28. The van der Waals surface area contributed by atoms with Crippen LogP contribution >= 0.6 is 39.9 Å². The molecule has 0 aromatic heterocycles. The standard InChI is InChI=1S/C21H26BrN3O3S2/c22-17-5-1-4-16(14-17)15-18-20(27)25(21(29)30-18)9-2-6-19(26)23-7-3-8-24-10-12-28-13-11-24/h1,4-5,14-15H,2-3,6-13H2,(H,23,26). The highest BCUT2D eigenvalue weighted by molar-refractivity contribution is 9.10. The first-order chi connectivity index (χ1) is 14.5. The third-order valence-electron chi connectivity index (χ3n) is 4.88. The van der Waals surface area contributed by atoms with Gasteiger partial charge in [0, 0.05) is 37.1 Å². The molecule has 162 valence electrons. The van der Waals surface area contributed by atoms with Crippen molar-refractivity contribution >= 4 is 62.1 Å². The predicted octanol–water partition coefficient (Wildman–Crippen LogP) is 3.27. The van der Waals surface area contributed by atoms with Crippen LogP contribution in [0.5, 0.6) is 0 Å². The molecule has 0 atom stereocenters. The molecule has 2 aliphatic heterocycles. The van der Waals surface area contributed by atoms with E-state index in [-0.39, 0.29) is 11.8 Å². The maximum Gasteiger partial charge on any atom is 0.266 e. The zero-order valence-corrected chi connectivity index (χ0v) is 20.0. The van der Waals surface area contributed by atoms with Crippen LogP contribution < -0.4 is 5.32 Å². The van der Waals surface area contributed by atoms with Crippen molar-refractivity contribution in [1.29, 1.82) is 0 Å². The van der Waals surface area contributed by atoms with Crippen molar-refractivity contribution in [3.8, 4) is 0 Å². The van der Waals surface area contributed by atoms with Gasteiger partial charge in [-0.1, -0.05) is 52.0 Å². The van der Waals surface area contributed by atoms with Gasteiger partial charge in [-0.2, -0.15) is 0 Å². The van der Waals surface area contributed by atoms with Gasteiger partial charge in [0.15, 0.2) is 0 Å². The molecule has 1 aromatic carbocycles. The molecule has 1 N–H and O–H groups in total. The lowest BCUT2D eigenvalue weighted by atomic mass is 10.2. The van der Waals surface area contributed by atoms with Crippen molar-refractivity contribution in [1.82, 2.24) is 15.1 Å². The van der Waals surface area contributed by atoms with Crippen molar-refractivity contribution in [2.75, 3.05) is 45.9 Å². The number of nitrogens with one attached hydrogen (secondary N) is 1. The van der Waals surface area contributed by atoms with E-state index in [0.29, 0.717) is 35.2 Å². The third-order valence-corrected chi connectivity index (χ3v) is 6.75. The zero-order chi connectivity index (χ0) is 21.3. The largest absolute Gasteiger partial charge is 0.379 e. The minimum Gasteiger partial charge on any atom is -0.379 e. The Morgan fingerprint density at radius 3 is 2.83 bits per heavy atom. The fraction of sp³-hybridized carbons (Fsp3) is 0.476. The quantitative estimate of drug-likeness (QED) is 0.312. The number of carbonyl (C=O) groups excluding carboxylic acids is 2. The van der Waals surface area contributed by atoms with Crippen LogP contribution in [0.2, 0.25) is 0 Å². The second kappa shape index (κ2) is 12.0. The van der Waals surface area contributed by atoms with E-state index < -0.39 is 0 Å². The number of rotatable bonds is 9. The number of nitrogens with zero attached hydrogens (tertiary/aromatic N) is 2. The molecule has 0 aliphatic carbocycles. The van der Waals surface area contributed by atoms with Crippen LogP contribution in [-0.4, -0.2) is 71.9 Å². The van der Waals surface area contributed by atoms with E-state index in [0.717, 1.165) is 49.3 Å². The van der Waals surface area contributed by atoms with Gasteiger partial charge in [0.25, 0.3) is 5.91 Å². The normalized spacial score (nSPS) is 19.0. The molecule has 1 aromatic rings. The first-order valence-electron chi connectivity index (χ1n) is 10.1. The molecule has 0 spiro atoms. The lowest BCUT2D eigenvalue weighted by molar-refractivity contribution is -0.124. The summed E-state index contributed by atoms with van der Waals surface area (Å²) in [5, 5.41) is 2.96. The Morgan fingerprint density at radius 2 is 2.07 bits per heavy atom. The minimum atomic E-state index is -0.0871. The summed E-state index contributed by atoms with van der Waals surface area (Å²) in [5.41, 5.74) is 0.946. The molecule has 2 amide bonds. The fourth-order valence-corrected chi connectivity index (χ4v) is 5.01. The molecule has 3 rings (SSSR count). The van der Waals surface area contributed by atoms with E-state index in [1.807, 2.05) is 30.3 Å². The number of ether oxygens (including phenoxy) is 1. The lowest BCUT2D eigenvalue weighted by Gasteiger charge is -2.26. The molecule has 2 saturated heterocycles. The van der Waals surface area contributed by atoms with E-state index in [4.69, 9.17) is 17.0 Å². The summed E-state index contributed by atoms with van der Waals surface area (Å²) in [6, 6.07) is 7.77. The second-order valence-corrected chi connectivity index (χ2v) is 9.74. The third kappa shape index (κ3) is 7.16. The SMILES string of the molecule is O=C(CCCN1C(=O)C(=Cc2cccc(Br)c2)SC1=S)NCCCN1CCOCC1. The van der Waals surface area contributed by atoms with Crippen LogP contribution in [0.15, 0.2) is 33.6 Å². The number of benzene rings is 1. The summed E-state index contributed by atoms with van der Waals surface area (Å²) >= 11 is 10.1. The van der Waals surface area contributed by atoms with E-state index in [9.17, 15) is 9.59 Å². The molecule has 0 unspecified atom stereocenters. The number of hydrogen-bond acceptors (Lipinski definition) is 6. The number of thioether (sulfide) groups is 1. The maximum absolute atomic E-state index is 12.7. The Labute approximate surface area is 195 Å². The summed E-state index contributed by atoms with van der Waals surface area (Å²) in [5.74, 6) is -0.0667.